The third-order valence-corrected chi connectivity index (χ3v) is 2.50. The minimum Gasteiger partial charge on any atom is -0.388 e. The number of para-hydroxylation sites is 1. The van der Waals surface area contributed by atoms with Crippen LogP contribution in [0.25, 0.3) is 0 Å². The fourth-order valence-corrected chi connectivity index (χ4v) is 1.43. The minimum absolute atomic E-state index is 0.528. The molecule has 0 spiro atoms. The second kappa shape index (κ2) is 8.07. The van der Waals surface area contributed by atoms with Gasteiger partial charge in [0.1, 0.15) is 6.29 Å². The van der Waals surface area contributed by atoms with E-state index in [-0.39, 0.29) is 0 Å². The predicted molar refractivity (Wildman–Crippen MR) is 76.9 cm³/mol. The standard InChI is InChI=1S/C9H10O.C7H9N/c1-8-2-4-9(5-3-8)6-7-10;1-8-7-5-3-2-4-6-7/h2-5,7H,6H2,1H3;2-6,8H,1H3. The maximum Gasteiger partial charge on any atom is 0.124 e. The number of aldehydes is 1. The third kappa shape index (κ3) is 5.30. The molecule has 0 fully saturated rings. The van der Waals surface area contributed by atoms with Crippen molar-refractivity contribution in [2.75, 3.05) is 12.4 Å². The first-order chi connectivity index (χ1) is 8.76. The van der Waals surface area contributed by atoms with Gasteiger partial charge in [-0.15, -0.1) is 0 Å². The van der Waals surface area contributed by atoms with E-state index in [0.717, 1.165) is 17.5 Å². The first-order valence-corrected chi connectivity index (χ1v) is 5.98. The number of benzene rings is 2. The molecule has 18 heavy (non-hydrogen) atoms. The lowest BCUT2D eigenvalue weighted by atomic mass is 10.1. The fraction of sp³-hybridized carbons (Fsp3) is 0.188. The normalized spacial score (nSPS) is 9.00. The first-order valence-electron chi connectivity index (χ1n) is 5.98. The molecule has 94 valence electrons. The van der Waals surface area contributed by atoms with Gasteiger partial charge in [-0.2, -0.15) is 0 Å². The molecule has 0 amide bonds. The molecular weight excluding hydrogens is 222 g/mol. The van der Waals surface area contributed by atoms with Crippen LogP contribution in [0.2, 0.25) is 0 Å². The van der Waals surface area contributed by atoms with E-state index in [1.807, 2.05) is 68.6 Å². The van der Waals surface area contributed by atoms with E-state index in [0.29, 0.717) is 6.42 Å². The average molecular weight is 241 g/mol. The topological polar surface area (TPSA) is 29.1 Å². The number of carbonyl (C=O) groups is 1. The van der Waals surface area contributed by atoms with Crippen LogP contribution in [0.15, 0.2) is 54.6 Å². The van der Waals surface area contributed by atoms with E-state index in [2.05, 4.69) is 5.32 Å². The van der Waals surface area contributed by atoms with Crippen molar-refractivity contribution in [2.45, 2.75) is 13.3 Å². The van der Waals surface area contributed by atoms with Crippen molar-refractivity contribution in [1.82, 2.24) is 0 Å². The number of carbonyl (C=O) groups excluding carboxylic acids is 1. The molecule has 2 aromatic rings. The van der Waals surface area contributed by atoms with Gasteiger partial charge in [-0.1, -0.05) is 48.0 Å². The summed E-state index contributed by atoms with van der Waals surface area (Å²) in [5.74, 6) is 0. The summed E-state index contributed by atoms with van der Waals surface area (Å²) >= 11 is 0. The molecule has 2 heteroatoms. The molecular formula is C16H19NO. The fourth-order valence-electron chi connectivity index (χ4n) is 1.43. The highest BCUT2D eigenvalue weighted by atomic mass is 16.1. The molecule has 0 radical (unpaired) electrons. The van der Waals surface area contributed by atoms with Gasteiger partial charge in [0.25, 0.3) is 0 Å². The Morgan fingerprint density at radius 2 is 1.61 bits per heavy atom. The maximum absolute atomic E-state index is 10.1. The lowest BCUT2D eigenvalue weighted by Crippen LogP contribution is -1.84. The van der Waals surface area contributed by atoms with E-state index >= 15 is 0 Å². The second-order valence-electron chi connectivity index (χ2n) is 3.97. The third-order valence-electron chi connectivity index (χ3n) is 2.50. The van der Waals surface area contributed by atoms with Crippen molar-refractivity contribution >= 4 is 12.0 Å². The van der Waals surface area contributed by atoms with Gasteiger partial charge in [0.2, 0.25) is 0 Å². The number of nitrogens with one attached hydrogen (secondary N) is 1. The molecule has 1 N–H and O–H groups in total. The van der Waals surface area contributed by atoms with Gasteiger partial charge in [-0.05, 0) is 24.6 Å². The highest BCUT2D eigenvalue weighted by Gasteiger charge is 1.88. The van der Waals surface area contributed by atoms with Crippen molar-refractivity contribution in [3.63, 3.8) is 0 Å². The highest BCUT2D eigenvalue weighted by molar-refractivity contribution is 5.54. The highest BCUT2D eigenvalue weighted by Crippen LogP contribution is 2.02. The first kappa shape index (κ1) is 14.0. The summed E-state index contributed by atoms with van der Waals surface area (Å²) in [6, 6.07) is 18.0. The van der Waals surface area contributed by atoms with Gasteiger partial charge >= 0.3 is 0 Å². The molecule has 2 nitrogen and oxygen atoms in total. The molecule has 0 aromatic heterocycles. The largest absolute Gasteiger partial charge is 0.388 e. The van der Waals surface area contributed by atoms with Crippen LogP contribution in [-0.2, 0) is 11.2 Å². The molecule has 0 heterocycles. The summed E-state index contributed by atoms with van der Waals surface area (Å²) in [5, 5.41) is 3.03. The van der Waals surface area contributed by atoms with Gasteiger partial charge in [0.05, 0.1) is 0 Å². The number of hydrogen-bond donors (Lipinski definition) is 1. The summed E-state index contributed by atoms with van der Waals surface area (Å²) in [6.45, 7) is 2.03. The Bertz CT molecular complexity index is 448. The van der Waals surface area contributed by atoms with Crippen LogP contribution in [0, 0.1) is 6.92 Å². The molecule has 0 saturated heterocycles. The van der Waals surface area contributed by atoms with Crippen LogP contribution in [0.5, 0.6) is 0 Å². The van der Waals surface area contributed by atoms with Crippen molar-refractivity contribution in [2.24, 2.45) is 0 Å². The maximum atomic E-state index is 10.1. The quantitative estimate of drug-likeness (QED) is 0.834. The van der Waals surface area contributed by atoms with Gasteiger partial charge in [0, 0.05) is 19.2 Å². The number of hydrogen-bond acceptors (Lipinski definition) is 2. The Balaban J connectivity index is 0.000000184. The van der Waals surface area contributed by atoms with E-state index in [9.17, 15) is 4.79 Å². The summed E-state index contributed by atoms with van der Waals surface area (Å²) in [5.41, 5.74) is 3.47. The van der Waals surface area contributed by atoms with Crippen LogP contribution >= 0.6 is 0 Å². The number of rotatable bonds is 3. The Hall–Kier alpha value is -2.09. The number of anilines is 1. The zero-order chi connectivity index (χ0) is 13.2. The SMILES string of the molecule is CNc1ccccc1.Cc1ccc(CC=O)cc1. The molecule has 0 aliphatic heterocycles. The molecule has 0 unspecified atom stereocenters. The Labute approximate surface area is 109 Å². The smallest absolute Gasteiger partial charge is 0.124 e. The van der Waals surface area contributed by atoms with Crippen molar-refractivity contribution in [3.8, 4) is 0 Å². The van der Waals surface area contributed by atoms with Crippen molar-refractivity contribution in [1.29, 1.82) is 0 Å². The molecule has 0 aliphatic rings. The monoisotopic (exact) mass is 241 g/mol. The second-order valence-corrected chi connectivity index (χ2v) is 3.97. The van der Waals surface area contributed by atoms with Crippen LogP contribution in [0.1, 0.15) is 11.1 Å². The summed E-state index contributed by atoms with van der Waals surface area (Å²) in [4.78, 5) is 10.1. The molecule has 0 bridgehead atoms. The zero-order valence-corrected chi connectivity index (χ0v) is 10.9. The van der Waals surface area contributed by atoms with Crippen LogP contribution in [-0.4, -0.2) is 13.3 Å². The van der Waals surface area contributed by atoms with Gasteiger partial charge in [-0.3, -0.25) is 0 Å². The van der Waals surface area contributed by atoms with E-state index in [4.69, 9.17) is 0 Å². The molecule has 0 atom stereocenters. The summed E-state index contributed by atoms with van der Waals surface area (Å²) in [7, 11) is 1.91. The van der Waals surface area contributed by atoms with Gasteiger partial charge in [0.15, 0.2) is 0 Å². The van der Waals surface area contributed by atoms with Gasteiger partial charge < -0.3 is 10.1 Å². The van der Waals surface area contributed by atoms with Crippen molar-refractivity contribution < 1.29 is 4.79 Å². The lowest BCUT2D eigenvalue weighted by Gasteiger charge is -1.94. The van der Waals surface area contributed by atoms with Crippen LogP contribution in [0.4, 0.5) is 5.69 Å². The van der Waals surface area contributed by atoms with E-state index in [1.54, 1.807) is 0 Å². The van der Waals surface area contributed by atoms with Crippen molar-refractivity contribution in [3.05, 3.63) is 65.7 Å². The summed E-state index contributed by atoms with van der Waals surface area (Å²) < 4.78 is 0. The lowest BCUT2D eigenvalue weighted by molar-refractivity contribution is -0.107. The van der Waals surface area contributed by atoms with E-state index in [1.165, 1.54) is 5.56 Å². The van der Waals surface area contributed by atoms with E-state index < -0.39 is 0 Å². The molecule has 2 aromatic carbocycles. The predicted octanol–water partition coefficient (Wildman–Crippen LogP) is 3.46. The Kier molecular flexibility index (Phi) is 6.26. The zero-order valence-electron chi connectivity index (χ0n) is 10.9. The van der Waals surface area contributed by atoms with Crippen LogP contribution < -0.4 is 5.32 Å². The van der Waals surface area contributed by atoms with Crippen LogP contribution in [0.3, 0.4) is 0 Å². The Morgan fingerprint density at radius 3 is 2.06 bits per heavy atom. The number of aryl methyl sites for hydroxylation is 1. The summed E-state index contributed by atoms with van der Waals surface area (Å²) in [6.07, 6.45) is 1.45. The average Bonchev–Trinajstić information content (AvgIpc) is 2.43. The minimum atomic E-state index is 0.528. The Morgan fingerprint density at radius 1 is 1.00 bits per heavy atom. The molecule has 2 rings (SSSR count). The molecule has 0 aliphatic carbocycles. The van der Waals surface area contributed by atoms with Gasteiger partial charge in [-0.25, -0.2) is 0 Å². The molecule has 0 saturated carbocycles.